The lowest BCUT2D eigenvalue weighted by Crippen LogP contribution is -2.10. The van der Waals surface area contributed by atoms with E-state index in [1.807, 2.05) is 6.92 Å². The van der Waals surface area contributed by atoms with E-state index in [0.29, 0.717) is 12.3 Å². The summed E-state index contributed by atoms with van der Waals surface area (Å²) in [7, 11) is -1.68. The largest absolute Gasteiger partial charge is 0.464 e. The molecule has 1 heterocycles. The van der Waals surface area contributed by atoms with E-state index in [1.165, 1.54) is 0 Å². The maximum absolute atomic E-state index is 13.5. The number of hydrogen-bond donors (Lipinski definition) is 1. The molecule has 0 aliphatic rings. The number of halogens is 2. The summed E-state index contributed by atoms with van der Waals surface area (Å²) in [6, 6.07) is 6.39. The Morgan fingerprint density at radius 1 is 1.20 bits per heavy atom. The van der Waals surface area contributed by atoms with Gasteiger partial charge in [-0.15, -0.1) is 0 Å². The summed E-state index contributed by atoms with van der Waals surface area (Å²) in [5.74, 6) is -0.0587. The fourth-order valence-electron chi connectivity index (χ4n) is 1.70. The number of nitrogens with one attached hydrogen (secondary N) is 1. The van der Waals surface area contributed by atoms with Gasteiger partial charge < -0.3 is 9.73 Å². The monoisotopic (exact) mass is 299 g/mol. The van der Waals surface area contributed by atoms with Crippen molar-refractivity contribution in [3.8, 4) is 0 Å². The van der Waals surface area contributed by atoms with Crippen LogP contribution in [0.5, 0.6) is 0 Å². The molecule has 3 nitrogen and oxygen atoms in total. The van der Waals surface area contributed by atoms with Gasteiger partial charge in [0.15, 0.2) is 0 Å². The highest BCUT2D eigenvalue weighted by atomic mass is 32.2. The predicted octanol–water partition coefficient (Wildman–Crippen LogP) is 2.98. The molecule has 0 aliphatic carbocycles. The minimum Gasteiger partial charge on any atom is -0.464 e. The minimum absolute atomic E-state index is 0.0203. The third-order valence-electron chi connectivity index (χ3n) is 2.68. The van der Waals surface area contributed by atoms with E-state index in [-0.39, 0.29) is 10.6 Å². The van der Waals surface area contributed by atoms with Crippen LogP contribution in [0, 0.1) is 11.6 Å². The van der Waals surface area contributed by atoms with E-state index in [1.54, 1.807) is 12.1 Å². The Kier molecular flexibility index (Phi) is 5.03. The average Bonchev–Trinajstić information content (AvgIpc) is 2.86. The van der Waals surface area contributed by atoms with Crippen LogP contribution in [-0.4, -0.2) is 10.8 Å². The first-order chi connectivity index (χ1) is 9.60. The summed E-state index contributed by atoms with van der Waals surface area (Å²) in [6.45, 7) is 3.37. The van der Waals surface area contributed by atoms with Crippen molar-refractivity contribution in [2.75, 3.05) is 6.54 Å². The summed E-state index contributed by atoms with van der Waals surface area (Å²) in [4.78, 5) is -0.144. The first kappa shape index (κ1) is 14.9. The first-order valence-corrected chi connectivity index (χ1v) is 7.53. The van der Waals surface area contributed by atoms with Gasteiger partial charge in [0.2, 0.25) is 0 Å². The highest BCUT2D eigenvalue weighted by molar-refractivity contribution is 7.84. The first-order valence-electron chi connectivity index (χ1n) is 6.22. The zero-order valence-corrected chi connectivity index (χ0v) is 11.8. The van der Waals surface area contributed by atoms with Crippen molar-refractivity contribution in [2.45, 2.75) is 24.1 Å². The molecule has 6 heteroatoms. The molecule has 1 N–H and O–H groups in total. The third-order valence-corrected chi connectivity index (χ3v) is 4.03. The standard InChI is InChI=1S/C14H15F2NO2S/c1-2-17-8-11-4-5-12(19-11)9-20(18)14-7-10(15)3-6-13(14)16/h3-7,17H,2,8-9H2,1H3. The molecule has 1 atom stereocenters. The Morgan fingerprint density at radius 3 is 2.70 bits per heavy atom. The van der Waals surface area contributed by atoms with Gasteiger partial charge in [0.05, 0.1) is 28.0 Å². The Bertz CT molecular complexity index is 613. The van der Waals surface area contributed by atoms with Crippen molar-refractivity contribution >= 4 is 10.8 Å². The number of hydrogen-bond acceptors (Lipinski definition) is 3. The van der Waals surface area contributed by atoms with Crippen molar-refractivity contribution in [1.82, 2.24) is 5.32 Å². The van der Waals surface area contributed by atoms with Gasteiger partial charge in [-0.25, -0.2) is 8.78 Å². The summed E-state index contributed by atoms with van der Waals surface area (Å²) >= 11 is 0. The van der Waals surface area contributed by atoms with Crippen LogP contribution in [0.1, 0.15) is 18.4 Å². The molecule has 20 heavy (non-hydrogen) atoms. The number of rotatable bonds is 6. The van der Waals surface area contributed by atoms with E-state index < -0.39 is 22.4 Å². The van der Waals surface area contributed by atoms with Crippen molar-refractivity contribution in [3.05, 3.63) is 53.5 Å². The SMILES string of the molecule is CCNCc1ccc(CS(=O)c2cc(F)ccc2F)o1. The molecule has 0 saturated carbocycles. The van der Waals surface area contributed by atoms with Crippen LogP contribution in [-0.2, 0) is 23.1 Å². The maximum atomic E-state index is 13.5. The fraction of sp³-hybridized carbons (Fsp3) is 0.286. The zero-order chi connectivity index (χ0) is 14.5. The Balaban J connectivity index is 2.07. The molecule has 1 aromatic carbocycles. The number of furan rings is 1. The fourth-order valence-corrected chi connectivity index (χ4v) is 2.80. The Labute approximate surface area is 118 Å². The molecule has 0 saturated heterocycles. The van der Waals surface area contributed by atoms with Crippen molar-refractivity contribution in [1.29, 1.82) is 0 Å². The zero-order valence-electron chi connectivity index (χ0n) is 11.0. The average molecular weight is 299 g/mol. The lowest BCUT2D eigenvalue weighted by molar-refractivity contribution is 0.461. The minimum atomic E-state index is -1.68. The topological polar surface area (TPSA) is 42.2 Å². The third kappa shape index (κ3) is 3.74. The van der Waals surface area contributed by atoms with Gasteiger partial charge in [0.25, 0.3) is 0 Å². The van der Waals surface area contributed by atoms with E-state index in [9.17, 15) is 13.0 Å². The van der Waals surface area contributed by atoms with Crippen LogP contribution >= 0.6 is 0 Å². The van der Waals surface area contributed by atoms with Gasteiger partial charge in [0, 0.05) is 0 Å². The van der Waals surface area contributed by atoms with Crippen LogP contribution in [0.4, 0.5) is 8.78 Å². The molecule has 0 spiro atoms. The molecule has 1 aromatic heterocycles. The lowest BCUT2D eigenvalue weighted by atomic mass is 10.3. The second-order valence-corrected chi connectivity index (χ2v) is 5.63. The van der Waals surface area contributed by atoms with Gasteiger partial charge >= 0.3 is 0 Å². The molecule has 2 aromatic rings. The highest BCUT2D eigenvalue weighted by Gasteiger charge is 2.14. The molecular weight excluding hydrogens is 284 g/mol. The molecular formula is C14H15F2NO2S. The van der Waals surface area contributed by atoms with Crippen molar-refractivity contribution in [3.63, 3.8) is 0 Å². The second-order valence-electron chi connectivity index (χ2n) is 4.21. The molecule has 0 radical (unpaired) electrons. The van der Waals surface area contributed by atoms with Crippen LogP contribution in [0.15, 0.2) is 39.6 Å². The molecule has 108 valence electrons. The van der Waals surface area contributed by atoms with Gasteiger partial charge in [-0.1, -0.05) is 6.92 Å². The molecule has 0 amide bonds. The second kappa shape index (κ2) is 6.76. The lowest BCUT2D eigenvalue weighted by Gasteiger charge is -2.02. The molecule has 1 unspecified atom stereocenters. The van der Waals surface area contributed by atoms with Gasteiger partial charge in [0.1, 0.15) is 23.2 Å². The highest BCUT2D eigenvalue weighted by Crippen LogP contribution is 2.18. The molecule has 0 bridgehead atoms. The summed E-state index contributed by atoms with van der Waals surface area (Å²) < 4.78 is 44.1. The van der Waals surface area contributed by atoms with Gasteiger partial charge in [-0.2, -0.15) is 0 Å². The van der Waals surface area contributed by atoms with Crippen LogP contribution in [0.2, 0.25) is 0 Å². The van der Waals surface area contributed by atoms with E-state index >= 15 is 0 Å². The van der Waals surface area contributed by atoms with E-state index in [4.69, 9.17) is 4.42 Å². The number of benzene rings is 1. The van der Waals surface area contributed by atoms with Crippen LogP contribution in [0.3, 0.4) is 0 Å². The maximum Gasteiger partial charge on any atom is 0.139 e. The Morgan fingerprint density at radius 2 is 1.95 bits per heavy atom. The smallest absolute Gasteiger partial charge is 0.139 e. The summed E-state index contributed by atoms with van der Waals surface area (Å²) in [5, 5.41) is 3.10. The summed E-state index contributed by atoms with van der Waals surface area (Å²) in [5.41, 5.74) is 0. The molecule has 2 rings (SSSR count). The molecule has 0 fully saturated rings. The molecule has 0 aliphatic heterocycles. The van der Waals surface area contributed by atoms with E-state index in [0.717, 1.165) is 30.5 Å². The normalized spacial score (nSPS) is 12.6. The quantitative estimate of drug-likeness (QED) is 0.891. The predicted molar refractivity (Wildman–Crippen MR) is 72.6 cm³/mol. The van der Waals surface area contributed by atoms with Crippen molar-refractivity contribution < 1.29 is 17.4 Å². The van der Waals surface area contributed by atoms with Gasteiger partial charge in [-0.05, 0) is 36.9 Å². The van der Waals surface area contributed by atoms with E-state index in [2.05, 4.69) is 5.32 Å². The van der Waals surface area contributed by atoms with Crippen LogP contribution in [0.25, 0.3) is 0 Å². The Hall–Kier alpha value is -1.53. The van der Waals surface area contributed by atoms with Crippen molar-refractivity contribution in [2.24, 2.45) is 0 Å². The van der Waals surface area contributed by atoms with Gasteiger partial charge in [-0.3, -0.25) is 4.21 Å². The summed E-state index contributed by atoms with van der Waals surface area (Å²) in [6.07, 6.45) is 0. The van der Waals surface area contributed by atoms with Crippen LogP contribution < -0.4 is 5.32 Å².